The van der Waals surface area contributed by atoms with Crippen LogP contribution >= 0.6 is 0 Å². The highest BCUT2D eigenvalue weighted by Gasteiger charge is 2.19. The number of rotatable bonds is 6. The van der Waals surface area contributed by atoms with E-state index in [1.165, 1.54) is 5.56 Å². The van der Waals surface area contributed by atoms with Crippen LogP contribution in [0.4, 0.5) is 0 Å². The molecule has 1 fully saturated rings. The highest BCUT2D eigenvalue weighted by atomic mass is 16.5. The van der Waals surface area contributed by atoms with Crippen molar-refractivity contribution < 1.29 is 9.47 Å². The lowest BCUT2D eigenvalue weighted by Crippen LogP contribution is -2.44. The molecule has 5 nitrogen and oxygen atoms in total. The van der Waals surface area contributed by atoms with Crippen molar-refractivity contribution in [1.29, 1.82) is 0 Å². The van der Waals surface area contributed by atoms with Crippen molar-refractivity contribution in [3.8, 4) is 5.75 Å². The van der Waals surface area contributed by atoms with Crippen LogP contribution in [0.5, 0.6) is 5.75 Å². The van der Waals surface area contributed by atoms with E-state index in [0.717, 1.165) is 37.9 Å². The predicted molar refractivity (Wildman–Crippen MR) is 94.2 cm³/mol. The molecule has 128 valence electrons. The Morgan fingerprint density at radius 3 is 2.78 bits per heavy atom. The molecule has 0 amide bonds. The van der Waals surface area contributed by atoms with Gasteiger partial charge in [0.2, 0.25) is 0 Å². The minimum Gasteiger partial charge on any atom is -0.489 e. The normalized spacial score (nSPS) is 19.5. The molecule has 0 aromatic heterocycles. The average molecular weight is 319 g/mol. The summed E-state index contributed by atoms with van der Waals surface area (Å²) in [4.78, 5) is 6.52. The number of hydrogen-bond donors (Lipinski definition) is 1. The van der Waals surface area contributed by atoms with E-state index >= 15 is 0 Å². The molecule has 1 N–H and O–H groups in total. The van der Waals surface area contributed by atoms with Gasteiger partial charge in [-0.25, -0.2) is 0 Å². The highest BCUT2D eigenvalue weighted by Crippen LogP contribution is 2.14. The molecule has 1 aliphatic rings. The lowest BCUT2D eigenvalue weighted by molar-refractivity contribution is 0.180. The summed E-state index contributed by atoms with van der Waals surface area (Å²) in [5.41, 5.74) is 1.24. The molecule has 1 aromatic carbocycles. The average Bonchev–Trinajstić information content (AvgIpc) is 3.03. The maximum atomic E-state index is 5.92. The van der Waals surface area contributed by atoms with Crippen molar-refractivity contribution in [3.63, 3.8) is 0 Å². The zero-order valence-corrected chi connectivity index (χ0v) is 14.7. The Morgan fingerprint density at radius 2 is 2.17 bits per heavy atom. The molecule has 2 atom stereocenters. The van der Waals surface area contributed by atoms with Gasteiger partial charge in [-0.3, -0.25) is 4.99 Å². The summed E-state index contributed by atoms with van der Waals surface area (Å²) in [6, 6.07) is 8.14. The number of aryl methyl sites for hydroxylation is 1. The SMILES string of the molecule is CN=C(NCC(C)Oc1ccc(C)cc1)N(C)CC1CCOC1. The van der Waals surface area contributed by atoms with Gasteiger partial charge in [-0.05, 0) is 32.4 Å². The van der Waals surface area contributed by atoms with E-state index in [0.29, 0.717) is 12.5 Å². The third-order valence-electron chi connectivity index (χ3n) is 4.04. The third-order valence-corrected chi connectivity index (χ3v) is 4.04. The van der Waals surface area contributed by atoms with E-state index in [-0.39, 0.29) is 6.10 Å². The molecular weight excluding hydrogens is 290 g/mol. The van der Waals surface area contributed by atoms with Crippen LogP contribution in [0.3, 0.4) is 0 Å². The van der Waals surface area contributed by atoms with Gasteiger partial charge in [-0.2, -0.15) is 0 Å². The molecule has 0 spiro atoms. The molecule has 2 unspecified atom stereocenters. The van der Waals surface area contributed by atoms with Crippen molar-refractivity contribution in [1.82, 2.24) is 10.2 Å². The summed E-state index contributed by atoms with van der Waals surface area (Å²) in [7, 11) is 3.88. The molecule has 5 heteroatoms. The number of aliphatic imine (C=N–C) groups is 1. The second kappa shape index (κ2) is 8.77. The molecule has 2 rings (SSSR count). The van der Waals surface area contributed by atoms with E-state index in [1.54, 1.807) is 0 Å². The Labute approximate surface area is 139 Å². The number of ether oxygens (including phenoxy) is 2. The van der Waals surface area contributed by atoms with Crippen LogP contribution < -0.4 is 10.1 Å². The van der Waals surface area contributed by atoms with Gasteiger partial charge in [-0.1, -0.05) is 17.7 Å². The molecule has 0 aliphatic carbocycles. The molecule has 0 saturated carbocycles. The molecule has 1 heterocycles. The number of nitrogens with one attached hydrogen (secondary N) is 1. The smallest absolute Gasteiger partial charge is 0.193 e. The van der Waals surface area contributed by atoms with Crippen LogP contribution in [0.2, 0.25) is 0 Å². The number of hydrogen-bond acceptors (Lipinski definition) is 3. The fourth-order valence-electron chi connectivity index (χ4n) is 2.71. The maximum absolute atomic E-state index is 5.92. The van der Waals surface area contributed by atoms with Gasteiger partial charge in [0.25, 0.3) is 0 Å². The summed E-state index contributed by atoms with van der Waals surface area (Å²) < 4.78 is 11.4. The molecule has 1 saturated heterocycles. The van der Waals surface area contributed by atoms with E-state index < -0.39 is 0 Å². The number of nitrogens with zero attached hydrogens (tertiary/aromatic N) is 2. The molecular formula is C18H29N3O2. The quantitative estimate of drug-likeness (QED) is 0.645. The third kappa shape index (κ3) is 5.75. The van der Waals surface area contributed by atoms with Gasteiger partial charge in [0, 0.05) is 33.2 Å². The van der Waals surface area contributed by atoms with E-state index in [4.69, 9.17) is 9.47 Å². The van der Waals surface area contributed by atoms with Crippen molar-refractivity contribution in [2.24, 2.45) is 10.9 Å². The maximum Gasteiger partial charge on any atom is 0.193 e. The Morgan fingerprint density at radius 1 is 1.43 bits per heavy atom. The molecule has 0 radical (unpaired) electrons. The van der Waals surface area contributed by atoms with Gasteiger partial charge in [0.15, 0.2) is 5.96 Å². The van der Waals surface area contributed by atoms with Crippen LogP contribution in [0.25, 0.3) is 0 Å². The number of benzene rings is 1. The predicted octanol–water partition coefficient (Wildman–Crippen LogP) is 2.31. The Bertz CT molecular complexity index is 495. The van der Waals surface area contributed by atoms with Gasteiger partial charge < -0.3 is 19.7 Å². The first-order valence-electron chi connectivity index (χ1n) is 8.31. The summed E-state index contributed by atoms with van der Waals surface area (Å²) >= 11 is 0. The summed E-state index contributed by atoms with van der Waals surface area (Å²) in [5, 5.41) is 3.38. The van der Waals surface area contributed by atoms with Crippen LogP contribution in [-0.4, -0.2) is 57.4 Å². The summed E-state index contributed by atoms with van der Waals surface area (Å²) in [6.07, 6.45) is 1.20. The monoisotopic (exact) mass is 319 g/mol. The van der Waals surface area contributed by atoms with Crippen LogP contribution in [0.15, 0.2) is 29.3 Å². The fourth-order valence-corrected chi connectivity index (χ4v) is 2.71. The zero-order valence-electron chi connectivity index (χ0n) is 14.7. The second-order valence-corrected chi connectivity index (χ2v) is 6.28. The van der Waals surface area contributed by atoms with Crippen LogP contribution in [0.1, 0.15) is 18.9 Å². The zero-order chi connectivity index (χ0) is 16.7. The first-order valence-corrected chi connectivity index (χ1v) is 8.31. The van der Waals surface area contributed by atoms with Crippen molar-refractivity contribution >= 4 is 5.96 Å². The highest BCUT2D eigenvalue weighted by molar-refractivity contribution is 5.79. The lowest BCUT2D eigenvalue weighted by atomic mass is 10.1. The lowest BCUT2D eigenvalue weighted by Gasteiger charge is -2.25. The minimum atomic E-state index is 0.0673. The van der Waals surface area contributed by atoms with Gasteiger partial charge in [0.05, 0.1) is 13.2 Å². The molecule has 1 aromatic rings. The summed E-state index contributed by atoms with van der Waals surface area (Å²) in [5.74, 6) is 2.40. The van der Waals surface area contributed by atoms with E-state index in [1.807, 2.05) is 19.2 Å². The minimum absolute atomic E-state index is 0.0673. The van der Waals surface area contributed by atoms with E-state index in [9.17, 15) is 0 Å². The van der Waals surface area contributed by atoms with Crippen LogP contribution in [0, 0.1) is 12.8 Å². The van der Waals surface area contributed by atoms with Gasteiger partial charge in [-0.15, -0.1) is 0 Å². The first-order chi connectivity index (χ1) is 11.1. The first kappa shape index (κ1) is 17.6. The molecule has 23 heavy (non-hydrogen) atoms. The van der Waals surface area contributed by atoms with Crippen molar-refractivity contribution in [2.45, 2.75) is 26.4 Å². The summed E-state index contributed by atoms with van der Waals surface area (Å²) in [6.45, 7) is 7.55. The Kier molecular flexibility index (Phi) is 6.71. The molecule has 1 aliphatic heterocycles. The van der Waals surface area contributed by atoms with Crippen molar-refractivity contribution in [3.05, 3.63) is 29.8 Å². The standard InChI is InChI=1S/C18H29N3O2/c1-14-5-7-17(8-6-14)23-15(2)11-20-18(19-3)21(4)12-16-9-10-22-13-16/h5-8,15-16H,9-13H2,1-4H3,(H,19,20). The largest absolute Gasteiger partial charge is 0.489 e. The van der Waals surface area contributed by atoms with Crippen molar-refractivity contribution in [2.75, 3.05) is 40.4 Å². The topological polar surface area (TPSA) is 46.1 Å². The molecule has 0 bridgehead atoms. The van der Waals surface area contributed by atoms with E-state index in [2.05, 4.69) is 48.2 Å². The second-order valence-electron chi connectivity index (χ2n) is 6.28. The number of guanidine groups is 1. The Hall–Kier alpha value is -1.75. The van der Waals surface area contributed by atoms with Crippen LogP contribution in [-0.2, 0) is 4.74 Å². The fraction of sp³-hybridized carbons (Fsp3) is 0.611. The van der Waals surface area contributed by atoms with Gasteiger partial charge >= 0.3 is 0 Å². The van der Waals surface area contributed by atoms with Gasteiger partial charge in [0.1, 0.15) is 11.9 Å². The Balaban J connectivity index is 1.76.